The van der Waals surface area contributed by atoms with E-state index >= 15 is 0 Å². The van der Waals surface area contributed by atoms with E-state index in [2.05, 4.69) is 48.9 Å². The van der Waals surface area contributed by atoms with Crippen LogP contribution >= 0.6 is 43.5 Å². The Morgan fingerprint density at radius 1 is 0.949 bits per heavy atom. The minimum Gasteiger partial charge on any atom is -0.343 e. The molecule has 6 nitrogen and oxygen atoms in total. The molecule has 39 heavy (non-hydrogen) atoms. The molecule has 2 saturated heterocycles. The van der Waals surface area contributed by atoms with Gasteiger partial charge >= 0.3 is 0 Å². The average molecular weight is 681 g/mol. The lowest BCUT2D eigenvalue weighted by Crippen LogP contribution is -2.44. The van der Waals surface area contributed by atoms with Crippen molar-refractivity contribution in [2.75, 3.05) is 46.8 Å². The number of hydrogen-bond acceptors (Lipinski definition) is 4. The Labute approximate surface area is 253 Å². The molecule has 2 amide bonds. The number of nitrogens with zero attached hydrogens (tertiary/aromatic N) is 4. The van der Waals surface area contributed by atoms with Crippen LogP contribution in [0.2, 0.25) is 5.02 Å². The predicted octanol–water partition coefficient (Wildman–Crippen LogP) is 5.92. The van der Waals surface area contributed by atoms with Crippen molar-refractivity contribution in [2.24, 2.45) is 11.8 Å². The van der Waals surface area contributed by atoms with Gasteiger partial charge in [-0.1, -0.05) is 27.5 Å². The molecule has 9 heteroatoms. The Hall–Kier alpha value is -1.48. The number of piperidine rings is 2. The number of hydrogen-bond donors (Lipinski definition) is 0. The maximum Gasteiger partial charge on any atom is 0.236 e. The van der Waals surface area contributed by atoms with Crippen LogP contribution in [0.3, 0.4) is 0 Å². The minimum atomic E-state index is 0.179. The Kier molecular flexibility index (Phi) is 9.36. The van der Waals surface area contributed by atoms with Gasteiger partial charge in [-0.25, -0.2) is 0 Å². The molecule has 0 saturated carbocycles. The fourth-order valence-electron chi connectivity index (χ4n) is 6.65. The smallest absolute Gasteiger partial charge is 0.236 e. The Morgan fingerprint density at radius 2 is 1.59 bits per heavy atom. The lowest BCUT2D eigenvalue weighted by molar-refractivity contribution is -0.135. The molecule has 0 N–H and O–H groups in total. The summed E-state index contributed by atoms with van der Waals surface area (Å²) in [6, 6.07) is 6.34. The van der Waals surface area contributed by atoms with Crippen molar-refractivity contribution in [3.63, 3.8) is 0 Å². The van der Waals surface area contributed by atoms with Gasteiger partial charge in [-0.05, 0) is 115 Å². The Bertz CT molecular complexity index is 1220. The topological polar surface area (TPSA) is 56.8 Å². The minimum absolute atomic E-state index is 0.179. The van der Waals surface area contributed by atoms with Gasteiger partial charge in [0.1, 0.15) is 0 Å². The second kappa shape index (κ2) is 12.6. The third-order valence-electron chi connectivity index (χ3n) is 8.66. The lowest BCUT2D eigenvalue weighted by Gasteiger charge is -2.38. The number of pyridine rings is 1. The summed E-state index contributed by atoms with van der Waals surface area (Å²) in [6.07, 6.45) is 8.12. The Balaban J connectivity index is 1.24. The highest BCUT2D eigenvalue weighted by Crippen LogP contribution is 2.46. The van der Waals surface area contributed by atoms with E-state index in [0.717, 1.165) is 78.7 Å². The van der Waals surface area contributed by atoms with E-state index in [-0.39, 0.29) is 17.7 Å². The number of benzene rings is 1. The van der Waals surface area contributed by atoms with Crippen molar-refractivity contribution in [1.29, 1.82) is 0 Å². The van der Waals surface area contributed by atoms with Gasteiger partial charge in [0, 0.05) is 58.7 Å². The first-order chi connectivity index (χ1) is 18.7. The van der Waals surface area contributed by atoms with E-state index in [4.69, 9.17) is 16.6 Å². The fraction of sp³-hybridized carbons (Fsp3) is 0.567. The fourth-order valence-corrected chi connectivity index (χ4v) is 8.14. The SMILES string of the molecule is CN(C)CC(=O)N1CCC(CC(=O)N2CCC([C@H]3c4ncc(Br)cc4CCc4cc(Cl)cc(Br)c43)CC2)CC1. The molecular weight excluding hydrogens is 644 g/mol. The van der Waals surface area contributed by atoms with Crippen LogP contribution in [0.5, 0.6) is 0 Å². The molecule has 3 aliphatic rings. The van der Waals surface area contributed by atoms with Crippen molar-refractivity contribution in [3.05, 3.63) is 60.7 Å². The molecule has 5 rings (SSSR count). The summed E-state index contributed by atoms with van der Waals surface area (Å²) in [5, 5.41) is 0.757. The normalized spacial score (nSPS) is 20.5. The van der Waals surface area contributed by atoms with Crippen LogP contribution in [0.25, 0.3) is 0 Å². The van der Waals surface area contributed by atoms with Gasteiger partial charge in [0.05, 0.1) is 12.2 Å². The zero-order valence-electron chi connectivity index (χ0n) is 22.8. The van der Waals surface area contributed by atoms with Crippen molar-refractivity contribution in [1.82, 2.24) is 19.7 Å². The van der Waals surface area contributed by atoms with Crippen molar-refractivity contribution < 1.29 is 9.59 Å². The van der Waals surface area contributed by atoms with E-state index in [1.54, 1.807) is 0 Å². The number of fused-ring (bicyclic) bond motifs is 2. The third kappa shape index (κ3) is 6.71. The van der Waals surface area contributed by atoms with Crippen LogP contribution in [-0.2, 0) is 22.4 Å². The summed E-state index contributed by atoms with van der Waals surface area (Å²) < 4.78 is 2.07. The maximum absolute atomic E-state index is 13.3. The maximum atomic E-state index is 13.3. The molecule has 210 valence electrons. The van der Waals surface area contributed by atoms with E-state index in [0.29, 0.717) is 24.8 Å². The molecule has 0 radical (unpaired) electrons. The first kappa shape index (κ1) is 29.0. The first-order valence-corrected chi connectivity index (χ1v) is 16.0. The number of likely N-dealkylation sites (tertiary alicyclic amines) is 2. The molecule has 0 bridgehead atoms. The molecule has 2 fully saturated rings. The molecule has 1 aliphatic carbocycles. The number of amides is 2. The number of carbonyl (C=O) groups excluding carboxylic acids is 2. The highest BCUT2D eigenvalue weighted by molar-refractivity contribution is 9.10. The van der Waals surface area contributed by atoms with Crippen molar-refractivity contribution in [2.45, 2.75) is 50.9 Å². The quantitative estimate of drug-likeness (QED) is 0.394. The van der Waals surface area contributed by atoms with Gasteiger partial charge < -0.3 is 14.7 Å². The van der Waals surface area contributed by atoms with E-state index < -0.39 is 0 Å². The monoisotopic (exact) mass is 678 g/mol. The molecule has 1 aromatic carbocycles. The number of aromatic nitrogens is 1. The molecular formula is C30H37Br2ClN4O2. The highest BCUT2D eigenvalue weighted by Gasteiger charge is 2.37. The second-order valence-corrected chi connectivity index (χ2v) is 13.8. The van der Waals surface area contributed by atoms with Gasteiger partial charge in [0.25, 0.3) is 0 Å². The van der Waals surface area contributed by atoms with Crippen LogP contribution in [0.1, 0.15) is 60.4 Å². The molecule has 2 aromatic rings. The van der Waals surface area contributed by atoms with E-state index in [9.17, 15) is 9.59 Å². The summed E-state index contributed by atoms with van der Waals surface area (Å²) in [6.45, 7) is 3.54. The van der Waals surface area contributed by atoms with Gasteiger partial charge in [-0.15, -0.1) is 0 Å². The number of aryl methyl sites for hydroxylation is 2. The van der Waals surface area contributed by atoms with Gasteiger partial charge in [0.2, 0.25) is 11.8 Å². The van der Waals surface area contributed by atoms with Crippen molar-refractivity contribution in [3.8, 4) is 0 Å². The van der Waals surface area contributed by atoms with Crippen LogP contribution in [-0.4, -0.2) is 78.3 Å². The van der Waals surface area contributed by atoms with E-state index in [1.807, 2.05) is 36.2 Å². The van der Waals surface area contributed by atoms with Crippen LogP contribution in [0, 0.1) is 11.8 Å². The zero-order chi connectivity index (χ0) is 27.7. The zero-order valence-corrected chi connectivity index (χ0v) is 26.7. The predicted molar refractivity (Wildman–Crippen MR) is 162 cm³/mol. The highest BCUT2D eigenvalue weighted by atomic mass is 79.9. The second-order valence-electron chi connectivity index (χ2n) is 11.6. The lowest BCUT2D eigenvalue weighted by atomic mass is 9.76. The van der Waals surface area contributed by atoms with Gasteiger partial charge in [-0.2, -0.15) is 0 Å². The Morgan fingerprint density at radius 3 is 2.28 bits per heavy atom. The average Bonchev–Trinajstić information content (AvgIpc) is 3.05. The number of likely N-dealkylation sites (N-methyl/N-ethyl adjacent to an activating group) is 1. The number of halogens is 3. The summed E-state index contributed by atoms with van der Waals surface area (Å²) in [5.74, 6) is 1.40. The van der Waals surface area contributed by atoms with Gasteiger partial charge in [-0.3, -0.25) is 14.6 Å². The largest absolute Gasteiger partial charge is 0.343 e. The van der Waals surface area contributed by atoms with Crippen LogP contribution < -0.4 is 0 Å². The van der Waals surface area contributed by atoms with Gasteiger partial charge in [0.15, 0.2) is 0 Å². The molecule has 1 atom stereocenters. The number of rotatable bonds is 5. The van der Waals surface area contributed by atoms with Crippen LogP contribution in [0.15, 0.2) is 33.3 Å². The molecule has 3 heterocycles. The van der Waals surface area contributed by atoms with Crippen molar-refractivity contribution >= 4 is 55.3 Å². The summed E-state index contributed by atoms with van der Waals surface area (Å²) in [7, 11) is 3.84. The molecule has 0 unspecified atom stereocenters. The summed E-state index contributed by atoms with van der Waals surface area (Å²) in [5.41, 5.74) is 5.07. The molecule has 1 aromatic heterocycles. The van der Waals surface area contributed by atoms with E-state index in [1.165, 1.54) is 22.4 Å². The third-order valence-corrected chi connectivity index (χ3v) is 9.97. The summed E-state index contributed by atoms with van der Waals surface area (Å²) in [4.78, 5) is 36.5. The van der Waals surface area contributed by atoms with Crippen LogP contribution in [0.4, 0.5) is 0 Å². The number of carbonyl (C=O) groups is 2. The molecule has 0 spiro atoms. The molecule has 2 aliphatic heterocycles. The summed E-state index contributed by atoms with van der Waals surface area (Å²) >= 11 is 13.9. The first-order valence-electron chi connectivity index (χ1n) is 14.0. The standard InChI is InChI=1S/C30H37Br2ClN4O2/c1-35(2)18-27(39)37-9-5-19(6-10-37)13-26(38)36-11-7-20(8-12-36)29-28-21(15-24(33)16-25(28)32)3-4-22-14-23(31)17-34-30(22)29/h14-17,19-20,29H,3-13,18H2,1-2H3/t29-/m1/s1.